The molecule has 1 unspecified atom stereocenters. The highest BCUT2D eigenvalue weighted by Gasteiger charge is 2.18. The van der Waals surface area contributed by atoms with Gasteiger partial charge >= 0.3 is 0 Å². The van der Waals surface area contributed by atoms with Gasteiger partial charge in [-0.05, 0) is 36.8 Å². The van der Waals surface area contributed by atoms with Crippen LogP contribution < -0.4 is 14.8 Å². The predicted molar refractivity (Wildman–Crippen MR) is 90.8 cm³/mol. The molecule has 0 aliphatic carbocycles. The fraction of sp³-hybridized carbons (Fsp3) is 0.333. The van der Waals surface area contributed by atoms with Crippen molar-refractivity contribution in [1.29, 1.82) is 0 Å². The molecule has 0 saturated carbocycles. The molecule has 4 N–H and O–H groups in total. The number of ether oxygens (including phenoxy) is 2. The summed E-state index contributed by atoms with van der Waals surface area (Å²) in [5.41, 5.74) is 1.54. The largest absolute Gasteiger partial charge is 0.504 e. The molecule has 0 aromatic heterocycles. The minimum Gasteiger partial charge on any atom is -0.504 e. The van der Waals surface area contributed by atoms with Crippen LogP contribution in [-0.4, -0.2) is 42.1 Å². The highest BCUT2D eigenvalue weighted by Crippen LogP contribution is 2.40. The summed E-state index contributed by atoms with van der Waals surface area (Å²) in [6, 6.07) is 10.6. The van der Waals surface area contributed by atoms with E-state index in [-0.39, 0.29) is 23.8 Å². The van der Waals surface area contributed by atoms with Crippen molar-refractivity contribution in [1.82, 2.24) is 5.32 Å². The van der Waals surface area contributed by atoms with Crippen LogP contribution in [0.2, 0.25) is 0 Å². The summed E-state index contributed by atoms with van der Waals surface area (Å²) in [5.74, 6) is 0.210. The number of methoxy groups -OCH3 is 1. The summed E-state index contributed by atoms with van der Waals surface area (Å²) < 4.78 is 10.7. The summed E-state index contributed by atoms with van der Waals surface area (Å²) in [6.07, 6.45) is -0.884. The van der Waals surface area contributed by atoms with Crippen molar-refractivity contribution >= 4 is 0 Å². The van der Waals surface area contributed by atoms with Crippen molar-refractivity contribution in [3.63, 3.8) is 0 Å². The zero-order valence-electron chi connectivity index (χ0n) is 13.8. The Kier molecular flexibility index (Phi) is 6.28. The fourth-order valence-corrected chi connectivity index (χ4v) is 2.35. The Morgan fingerprint density at radius 2 is 1.96 bits per heavy atom. The molecule has 2 aromatic rings. The first-order valence-corrected chi connectivity index (χ1v) is 7.70. The van der Waals surface area contributed by atoms with Gasteiger partial charge in [0.15, 0.2) is 11.5 Å². The molecule has 1 atom stereocenters. The van der Waals surface area contributed by atoms with Gasteiger partial charge in [-0.15, -0.1) is 0 Å². The maximum absolute atomic E-state index is 10.2. The maximum atomic E-state index is 10.2. The van der Waals surface area contributed by atoms with Gasteiger partial charge in [0.1, 0.15) is 12.4 Å². The van der Waals surface area contributed by atoms with Crippen LogP contribution in [0.1, 0.15) is 17.2 Å². The highest BCUT2D eigenvalue weighted by molar-refractivity contribution is 5.54. The minimum absolute atomic E-state index is 0.0697. The number of rotatable bonds is 8. The standard InChI is InChI=1S/C18H23NO5/c1-12-4-3-5-13(10-12)24-9-8-19-11-16(21)14-6-7-15(20)17(22)18(14)23-2/h3-7,10,16,19-22H,8-9,11H2,1-2H3. The SMILES string of the molecule is COc1c(C(O)CNCCOc2cccc(C)c2)ccc(O)c1O. The van der Waals surface area contributed by atoms with Gasteiger partial charge in [-0.25, -0.2) is 0 Å². The molecule has 0 heterocycles. The van der Waals surface area contributed by atoms with E-state index >= 15 is 0 Å². The van der Waals surface area contributed by atoms with Crippen LogP contribution in [0, 0.1) is 6.92 Å². The van der Waals surface area contributed by atoms with E-state index < -0.39 is 6.10 Å². The van der Waals surface area contributed by atoms with E-state index in [1.807, 2.05) is 31.2 Å². The Hall–Kier alpha value is -2.44. The number of aromatic hydroxyl groups is 2. The van der Waals surface area contributed by atoms with Gasteiger partial charge in [0.25, 0.3) is 0 Å². The predicted octanol–water partition coefficient (Wildman–Crippen LogP) is 2.12. The summed E-state index contributed by atoms with van der Waals surface area (Å²) in [6.45, 7) is 3.28. The number of hydrogen-bond acceptors (Lipinski definition) is 6. The van der Waals surface area contributed by atoms with Crippen LogP contribution in [-0.2, 0) is 0 Å². The first-order valence-electron chi connectivity index (χ1n) is 7.70. The smallest absolute Gasteiger partial charge is 0.200 e. The molecule has 0 aliphatic heterocycles. The summed E-state index contributed by atoms with van der Waals surface area (Å²) in [7, 11) is 1.37. The topological polar surface area (TPSA) is 91.2 Å². The monoisotopic (exact) mass is 333 g/mol. The van der Waals surface area contributed by atoms with Gasteiger partial charge in [0.05, 0.1) is 13.2 Å². The lowest BCUT2D eigenvalue weighted by molar-refractivity contribution is 0.166. The van der Waals surface area contributed by atoms with Gasteiger partial charge in [-0.3, -0.25) is 0 Å². The minimum atomic E-state index is -0.884. The van der Waals surface area contributed by atoms with Gasteiger partial charge in [-0.1, -0.05) is 12.1 Å². The van der Waals surface area contributed by atoms with Crippen molar-refractivity contribution in [3.05, 3.63) is 47.5 Å². The Balaban J connectivity index is 1.81. The molecule has 0 radical (unpaired) electrons. The van der Waals surface area contributed by atoms with E-state index in [4.69, 9.17) is 9.47 Å². The van der Waals surface area contributed by atoms with Crippen molar-refractivity contribution in [2.45, 2.75) is 13.0 Å². The number of hydrogen-bond donors (Lipinski definition) is 4. The fourth-order valence-electron chi connectivity index (χ4n) is 2.35. The quantitative estimate of drug-likeness (QED) is 0.437. The first-order chi connectivity index (χ1) is 11.5. The molecule has 0 saturated heterocycles. The zero-order valence-corrected chi connectivity index (χ0v) is 13.8. The Morgan fingerprint density at radius 1 is 1.17 bits per heavy atom. The van der Waals surface area contributed by atoms with Gasteiger partial charge in [-0.2, -0.15) is 0 Å². The lowest BCUT2D eigenvalue weighted by atomic mass is 10.1. The number of phenols is 2. The van der Waals surface area contributed by atoms with E-state index in [9.17, 15) is 15.3 Å². The molecule has 0 fully saturated rings. The highest BCUT2D eigenvalue weighted by atomic mass is 16.5. The third-order valence-electron chi connectivity index (χ3n) is 3.58. The number of aryl methyl sites for hydroxylation is 1. The number of nitrogens with one attached hydrogen (secondary N) is 1. The van der Waals surface area contributed by atoms with Crippen LogP contribution in [0.3, 0.4) is 0 Å². The molecule has 0 spiro atoms. The van der Waals surface area contributed by atoms with Gasteiger partial charge < -0.3 is 30.1 Å². The van der Waals surface area contributed by atoms with Crippen LogP contribution in [0.5, 0.6) is 23.0 Å². The lowest BCUT2D eigenvalue weighted by Gasteiger charge is -2.17. The van der Waals surface area contributed by atoms with Gasteiger partial charge in [0.2, 0.25) is 5.75 Å². The molecular weight excluding hydrogens is 310 g/mol. The van der Waals surface area contributed by atoms with E-state index in [0.717, 1.165) is 11.3 Å². The van der Waals surface area contributed by atoms with Crippen molar-refractivity contribution in [2.24, 2.45) is 0 Å². The van der Waals surface area contributed by atoms with E-state index in [1.54, 1.807) is 0 Å². The molecule has 6 heteroatoms. The molecule has 0 bridgehead atoms. The number of aliphatic hydroxyl groups is 1. The third-order valence-corrected chi connectivity index (χ3v) is 3.58. The zero-order chi connectivity index (χ0) is 17.5. The average molecular weight is 333 g/mol. The summed E-state index contributed by atoms with van der Waals surface area (Å²) in [4.78, 5) is 0. The Labute approximate surface area is 141 Å². The molecule has 2 rings (SSSR count). The number of phenolic OH excluding ortho intramolecular Hbond substituents is 2. The number of aliphatic hydroxyl groups excluding tert-OH is 1. The Morgan fingerprint density at radius 3 is 2.67 bits per heavy atom. The molecule has 0 aliphatic rings. The molecule has 24 heavy (non-hydrogen) atoms. The second kappa shape index (κ2) is 8.42. The average Bonchev–Trinajstić information content (AvgIpc) is 2.56. The van der Waals surface area contributed by atoms with Crippen LogP contribution in [0.4, 0.5) is 0 Å². The van der Waals surface area contributed by atoms with Crippen LogP contribution in [0.25, 0.3) is 0 Å². The van der Waals surface area contributed by atoms with Crippen molar-refractivity contribution in [2.75, 3.05) is 26.8 Å². The molecule has 2 aromatic carbocycles. The second-order valence-corrected chi connectivity index (χ2v) is 5.44. The second-order valence-electron chi connectivity index (χ2n) is 5.44. The van der Waals surface area contributed by atoms with Crippen molar-refractivity contribution in [3.8, 4) is 23.0 Å². The number of benzene rings is 2. The maximum Gasteiger partial charge on any atom is 0.200 e. The molecule has 6 nitrogen and oxygen atoms in total. The van der Waals surface area contributed by atoms with E-state index in [1.165, 1.54) is 19.2 Å². The summed E-state index contributed by atoms with van der Waals surface area (Å²) >= 11 is 0. The van der Waals surface area contributed by atoms with Crippen molar-refractivity contribution < 1.29 is 24.8 Å². The normalized spacial score (nSPS) is 12.0. The van der Waals surface area contributed by atoms with E-state index in [0.29, 0.717) is 18.7 Å². The summed E-state index contributed by atoms with van der Waals surface area (Å²) in [5, 5.41) is 32.5. The Bertz CT molecular complexity index is 674. The van der Waals surface area contributed by atoms with E-state index in [2.05, 4.69) is 5.32 Å². The molecular formula is C18H23NO5. The lowest BCUT2D eigenvalue weighted by Crippen LogP contribution is -2.26. The van der Waals surface area contributed by atoms with Gasteiger partial charge in [0, 0.05) is 18.7 Å². The third kappa shape index (κ3) is 4.53. The molecule has 0 amide bonds. The van der Waals surface area contributed by atoms with Crippen LogP contribution >= 0.6 is 0 Å². The molecule has 130 valence electrons. The first kappa shape index (κ1) is 17.9. The van der Waals surface area contributed by atoms with Crippen LogP contribution in [0.15, 0.2) is 36.4 Å².